The Balaban J connectivity index is 1.61. The first kappa shape index (κ1) is 19.3. The second kappa shape index (κ2) is 7.11. The normalized spacial score (nSPS) is 17.8. The summed E-state index contributed by atoms with van der Waals surface area (Å²) in [6.07, 6.45) is 0. The highest BCUT2D eigenvalue weighted by molar-refractivity contribution is 6.62. The van der Waals surface area contributed by atoms with Gasteiger partial charge < -0.3 is 14.0 Å². The van der Waals surface area contributed by atoms with E-state index in [9.17, 15) is 0 Å². The predicted octanol–water partition coefficient (Wildman–Crippen LogP) is 5.37. The first-order valence-corrected chi connectivity index (χ1v) is 9.90. The van der Waals surface area contributed by atoms with Gasteiger partial charge in [-0.2, -0.15) is 0 Å². The van der Waals surface area contributed by atoms with Crippen molar-refractivity contribution in [1.82, 2.24) is 0 Å². The van der Waals surface area contributed by atoms with Crippen LogP contribution in [0.4, 0.5) is 0 Å². The zero-order valence-electron chi connectivity index (χ0n) is 16.7. The lowest BCUT2D eigenvalue weighted by atomic mass is 9.76. The molecular weight excluding hydrogens is 371 g/mol. The number of ether oxygens (including phenoxy) is 1. The topological polar surface area (TPSA) is 27.7 Å². The zero-order valence-corrected chi connectivity index (χ0v) is 17.4. The Morgan fingerprint density at radius 2 is 1.43 bits per heavy atom. The number of hydrogen-bond acceptors (Lipinski definition) is 3. The second-order valence-electron chi connectivity index (χ2n) is 8.17. The molecule has 0 unspecified atom stereocenters. The minimum atomic E-state index is -0.410. The van der Waals surface area contributed by atoms with Crippen LogP contribution < -0.4 is 10.2 Å². The maximum atomic E-state index is 6.32. The van der Waals surface area contributed by atoms with Crippen LogP contribution in [0.3, 0.4) is 0 Å². The van der Waals surface area contributed by atoms with E-state index >= 15 is 0 Å². The van der Waals surface area contributed by atoms with Gasteiger partial charge in [0.05, 0.1) is 11.2 Å². The number of hydrogen-bond donors (Lipinski definition) is 0. The summed E-state index contributed by atoms with van der Waals surface area (Å²) < 4.78 is 18.7. The molecule has 0 saturated carbocycles. The Morgan fingerprint density at radius 3 is 2.14 bits per heavy atom. The third-order valence-electron chi connectivity index (χ3n) is 5.78. The predicted molar refractivity (Wildman–Crippen MR) is 115 cm³/mol. The van der Waals surface area contributed by atoms with Gasteiger partial charge in [-0.1, -0.05) is 60.1 Å². The fourth-order valence-corrected chi connectivity index (χ4v) is 3.61. The van der Waals surface area contributed by atoms with Crippen LogP contribution in [0.15, 0.2) is 60.7 Å². The number of rotatable bonds is 4. The van der Waals surface area contributed by atoms with Gasteiger partial charge in [-0.15, -0.1) is 0 Å². The molecular formula is C23H24BClO3. The highest BCUT2D eigenvalue weighted by Crippen LogP contribution is 2.37. The van der Waals surface area contributed by atoms with Gasteiger partial charge in [-0.3, -0.25) is 0 Å². The first-order valence-electron chi connectivity index (χ1n) is 9.52. The van der Waals surface area contributed by atoms with Crippen molar-refractivity contribution in [1.29, 1.82) is 0 Å². The van der Waals surface area contributed by atoms with Crippen LogP contribution in [0.25, 0.3) is 10.8 Å². The molecule has 3 aromatic rings. The fourth-order valence-electron chi connectivity index (χ4n) is 3.38. The molecule has 144 valence electrons. The van der Waals surface area contributed by atoms with Crippen LogP contribution in [0.2, 0.25) is 5.02 Å². The van der Waals surface area contributed by atoms with Crippen LogP contribution in [-0.2, 0) is 15.9 Å². The molecule has 28 heavy (non-hydrogen) atoms. The molecule has 3 nitrogen and oxygen atoms in total. The van der Waals surface area contributed by atoms with Crippen LogP contribution in [0, 0.1) is 0 Å². The largest absolute Gasteiger partial charge is 0.495 e. The van der Waals surface area contributed by atoms with Gasteiger partial charge in [0, 0.05) is 15.8 Å². The fraction of sp³-hybridized carbons (Fsp3) is 0.304. The highest BCUT2D eigenvalue weighted by Gasteiger charge is 2.52. The maximum absolute atomic E-state index is 6.32. The van der Waals surface area contributed by atoms with Gasteiger partial charge in [0.15, 0.2) is 0 Å². The quantitative estimate of drug-likeness (QED) is 0.557. The van der Waals surface area contributed by atoms with Crippen molar-refractivity contribution in [2.24, 2.45) is 0 Å². The molecule has 0 N–H and O–H groups in total. The Labute approximate surface area is 171 Å². The van der Waals surface area contributed by atoms with Crippen molar-refractivity contribution >= 4 is 35.0 Å². The zero-order chi connectivity index (χ0) is 19.9. The lowest BCUT2D eigenvalue weighted by Gasteiger charge is -2.32. The van der Waals surface area contributed by atoms with Crippen LogP contribution in [-0.4, -0.2) is 18.3 Å². The minimum absolute atomic E-state index is 0.377. The molecule has 0 bridgehead atoms. The summed E-state index contributed by atoms with van der Waals surface area (Å²) >= 11 is 6.32. The summed E-state index contributed by atoms with van der Waals surface area (Å²) in [5, 5.41) is 2.71. The molecule has 1 heterocycles. The molecule has 4 rings (SSSR count). The molecule has 1 aliphatic rings. The molecule has 3 aromatic carbocycles. The maximum Gasteiger partial charge on any atom is 0.495 e. The van der Waals surface area contributed by atoms with Crippen molar-refractivity contribution in [3.63, 3.8) is 0 Å². The summed E-state index contributed by atoms with van der Waals surface area (Å²) in [7, 11) is -0.410. The summed E-state index contributed by atoms with van der Waals surface area (Å²) in [5.74, 6) is 0.809. The van der Waals surface area contributed by atoms with Gasteiger partial charge in [0.1, 0.15) is 12.4 Å². The van der Waals surface area contributed by atoms with Crippen LogP contribution in [0.1, 0.15) is 33.3 Å². The third kappa shape index (κ3) is 3.41. The van der Waals surface area contributed by atoms with Gasteiger partial charge in [-0.05, 0) is 50.9 Å². The number of fused-ring (bicyclic) bond motifs is 1. The SMILES string of the molecule is CC1(C)OB(c2ccccc2COc2ccc(Cl)c3ccccc23)OC1(C)C. The average Bonchev–Trinajstić information content (AvgIpc) is 2.89. The minimum Gasteiger partial charge on any atom is -0.488 e. The van der Waals surface area contributed by atoms with Crippen molar-refractivity contribution in [2.45, 2.75) is 45.5 Å². The van der Waals surface area contributed by atoms with E-state index in [2.05, 4.69) is 33.8 Å². The summed E-state index contributed by atoms with van der Waals surface area (Å²) in [4.78, 5) is 0. The van der Waals surface area contributed by atoms with E-state index in [0.29, 0.717) is 6.61 Å². The Hall–Kier alpha value is -2.01. The summed E-state index contributed by atoms with van der Waals surface area (Å²) in [5.41, 5.74) is 1.29. The Morgan fingerprint density at radius 1 is 0.821 bits per heavy atom. The van der Waals surface area contributed by atoms with Crippen molar-refractivity contribution in [3.05, 3.63) is 71.2 Å². The summed E-state index contributed by atoms with van der Waals surface area (Å²) in [6.45, 7) is 8.67. The average molecular weight is 395 g/mol. The number of benzene rings is 3. The van der Waals surface area contributed by atoms with E-state index in [0.717, 1.165) is 32.6 Å². The number of halogens is 1. The van der Waals surface area contributed by atoms with Crippen molar-refractivity contribution in [3.8, 4) is 5.75 Å². The molecule has 1 aliphatic heterocycles. The van der Waals surface area contributed by atoms with E-state index in [1.54, 1.807) is 0 Å². The molecule has 5 heteroatoms. The Bertz CT molecular complexity index is 1000. The van der Waals surface area contributed by atoms with Gasteiger partial charge in [0.2, 0.25) is 0 Å². The smallest absolute Gasteiger partial charge is 0.488 e. The molecule has 1 fully saturated rings. The molecule has 0 spiro atoms. The van der Waals surface area contributed by atoms with Crippen LogP contribution >= 0.6 is 11.6 Å². The van der Waals surface area contributed by atoms with E-state index in [-0.39, 0.29) is 11.2 Å². The lowest BCUT2D eigenvalue weighted by Crippen LogP contribution is -2.41. The molecule has 0 radical (unpaired) electrons. The van der Waals surface area contributed by atoms with Gasteiger partial charge in [-0.25, -0.2) is 0 Å². The van der Waals surface area contributed by atoms with E-state index in [1.807, 2.05) is 54.6 Å². The highest BCUT2D eigenvalue weighted by atomic mass is 35.5. The lowest BCUT2D eigenvalue weighted by molar-refractivity contribution is 0.00578. The molecule has 0 amide bonds. The third-order valence-corrected chi connectivity index (χ3v) is 6.11. The summed E-state index contributed by atoms with van der Waals surface area (Å²) in [6, 6.07) is 19.9. The molecule has 1 saturated heterocycles. The van der Waals surface area contributed by atoms with E-state index in [1.165, 1.54) is 0 Å². The second-order valence-corrected chi connectivity index (χ2v) is 8.57. The van der Waals surface area contributed by atoms with E-state index in [4.69, 9.17) is 25.6 Å². The Kier molecular flexibility index (Phi) is 4.90. The van der Waals surface area contributed by atoms with Gasteiger partial charge >= 0.3 is 7.12 Å². The van der Waals surface area contributed by atoms with Crippen LogP contribution in [0.5, 0.6) is 5.75 Å². The first-order chi connectivity index (χ1) is 13.3. The van der Waals surface area contributed by atoms with Gasteiger partial charge in [0.25, 0.3) is 0 Å². The molecule has 0 aromatic heterocycles. The van der Waals surface area contributed by atoms with Crippen molar-refractivity contribution < 1.29 is 14.0 Å². The molecule has 0 aliphatic carbocycles. The molecule has 0 atom stereocenters. The standard InChI is InChI=1S/C23H24BClO3/c1-22(2)23(3,4)28-24(27-22)19-12-8-5-9-16(19)15-26-21-14-13-20(25)17-10-6-7-11-18(17)21/h5-14H,15H2,1-4H3. The van der Waals surface area contributed by atoms with E-state index < -0.39 is 7.12 Å². The monoisotopic (exact) mass is 394 g/mol. The van der Waals surface area contributed by atoms with Crippen molar-refractivity contribution in [2.75, 3.05) is 0 Å².